The first-order chi connectivity index (χ1) is 14.2. The summed E-state index contributed by atoms with van der Waals surface area (Å²) in [6.07, 6.45) is 0.715. The average Bonchev–Trinajstić information content (AvgIpc) is 2.70. The highest BCUT2D eigenvalue weighted by molar-refractivity contribution is 5.98. The third-order valence-electron chi connectivity index (χ3n) is 4.70. The van der Waals surface area contributed by atoms with E-state index in [2.05, 4.69) is 5.32 Å². The summed E-state index contributed by atoms with van der Waals surface area (Å²) in [4.78, 5) is 36.2. The van der Waals surface area contributed by atoms with E-state index in [9.17, 15) is 14.4 Å². The second kappa shape index (κ2) is 8.53. The molecule has 0 aliphatic carbocycles. The minimum atomic E-state index is -0.501. The van der Waals surface area contributed by atoms with Gasteiger partial charge in [-0.05, 0) is 48.4 Å². The zero-order chi connectivity index (χ0) is 21.9. The molecule has 0 bridgehead atoms. The van der Waals surface area contributed by atoms with Crippen LogP contribution in [0.15, 0.2) is 57.7 Å². The first-order valence-electron chi connectivity index (χ1n) is 9.81. The third-order valence-corrected chi connectivity index (χ3v) is 4.70. The van der Waals surface area contributed by atoms with Crippen LogP contribution in [-0.4, -0.2) is 18.3 Å². The van der Waals surface area contributed by atoms with Crippen LogP contribution in [0.2, 0.25) is 0 Å². The first-order valence-corrected chi connectivity index (χ1v) is 9.81. The molecule has 0 radical (unpaired) electrons. The predicted octanol–water partition coefficient (Wildman–Crippen LogP) is 4.60. The normalized spacial score (nSPS) is 11.3. The summed E-state index contributed by atoms with van der Waals surface area (Å²) in [5.41, 5.74) is 1.53. The van der Waals surface area contributed by atoms with Gasteiger partial charge in [0.1, 0.15) is 11.3 Å². The summed E-state index contributed by atoms with van der Waals surface area (Å²) in [6.45, 7) is 7.31. The first kappa shape index (κ1) is 21.3. The van der Waals surface area contributed by atoms with Crippen molar-refractivity contribution in [2.75, 3.05) is 11.9 Å². The molecule has 156 valence electrons. The fraction of sp³-hybridized carbons (Fsp3) is 0.292. The van der Waals surface area contributed by atoms with Crippen LogP contribution in [0.1, 0.15) is 43.6 Å². The Morgan fingerprint density at radius 3 is 2.37 bits per heavy atom. The highest BCUT2D eigenvalue weighted by Crippen LogP contribution is 2.23. The molecule has 3 aromatic rings. The van der Waals surface area contributed by atoms with E-state index in [1.54, 1.807) is 36.4 Å². The molecule has 6 nitrogen and oxygen atoms in total. The maximum atomic E-state index is 12.4. The van der Waals surface area contributed by atoms with Crippen molar-refractivity contribution >= 4 is 28.3 Å². The van der Waals surface area contributed by atoms with Crippen LogP contribution in [0.4, 0.5) is 5.69 Å². The van der Waals surface area contributed by atoms with Crippen LogP contribution >= 0.6 is 0 Å². The maximum Gasteiger partial charge on any atom is 0.336 e. The van der Waals surface area contributed by atoms with Crippen molar-refractivity contribution in [1.82, 2.24) is 0 Å². The molecule has 1 heterocycles. The van der Waals surface area contributed by atoms with E-state index in [0.29, 0.717) is 29.0 Å². The summed E-state index contributed by atoms with van der Waals surface area (Å²) >= 11 is 0. The Balaban J connectivity index is 1.67. The molecular formula is C24H25NO5. The van der Waals surface area contributed by atoms with Crippen LogP contribution in [0.3, 0.4) is 0 Å². The number of Topliss-reactive ketones (excluding diaryl/α,β-unsaturated/α-hetero) is 1. The molecule has 0 fully saturated rings. The lowest BCUT2D eigenvalue weighted by molar-refractivity contribution is -0.123. The van der Waals surface area contributed by atoms with Gasteiger partial charge in [0.05, 0.1) is 0 Å². The standard InChI is InChI=1S/C24H25NO5/c1-5-15-12-22(27)30-21-13-18(10-11-19(15)21)29-14-20(26)16-6-8-17(9-7-16)25-23(28)24(2,3)4/h6-13H,5,14H2,1-4H3,(H,25,28). The van der Waals surface area contributed by atoms with E-state index < -0.39 is 11.0 Å². The van der Waals surface area contributed by atoms with Crippen molar-refractivity contribution in [3.63, 3.8) is 0 Å². The number of ketones is 1. The minimum absolute atomic E-state index is 0.0981. The molecule has 1 amide bonds. The van der Waals surface area contributed by atoms with Gasteiger partial charge in [0.2, 0.25) is 5.91 Å². The Morgan fingerprint density at radius 1 is 1.03 bits per heavy atom. The van der Waals surface area contributed by atoms with E-state index in [4.69, 9.17) is 9.15 Å². The highest BCUT2D eigenvalue weighted by Gasteiger charge is 2.21. The van der Waals surface area contributed by atoms with Gasteiger partial charge in [0.25, 0.3) is 0 Å². The van der Waals surface area contributed by atoms with Gasteiger partial charge in [-0.25, -0.2) is 4.79 Å². The van der Waals surface area contributed by atoms with E-state index in [0.717, 1.165) is 10.9 Å². The number of aryl methyl sites for hydroxylation is 1. The number of fused-ring (bicyclic) bond motifs is 1. The molecule has 30 heavy (non-hydrogen) atoms. The Kier molecular flexibility index (Phi) is 6.06. The lowest BCUT2D eigenvalue weighted by atomic mass is 9.95. The number of hydrogen-bond donors (Lipinski definition) is 1. The maximum absolute atomic E-state index is 12.4. The van der Waals surface area contributed by atoms with Gasteiger partial charge in [-0.15, -0.1) is 0 Å². The summed E-state index contributed by atoms with van der Waals surface area (Å²) in [5, 5.41) is 3.67. The molecule has 3 rings (SSSR count). The number of anilines is 1. The highest BCUT2D eigenvalue weighted by atomic mass is 16.5. The molecule has 0 saturated carbocycles. The van der Waals surface area contributed by atoms with Crippen LogP contribution < -0.4 is 15.7 Å². The van der Waals surface area contributed by atoms with Gasteiger partial charge in [-0.2, -0.15) is 0 Å². The fourth-order valence-corrected chi connectivity index (χ4v) is 2.88. The van der Waals surface area contributed by atoms with Gasteiger partial charge in [0, 0.05) is 34.2 Å². The van der Waals surface area contributed by atoms with Gasteiger partial charge < -0.3 is 14.5 Å². The fourth-order valence-electron chi connectivity index (χ4n) is 2.88. The number of carbonyl (C=O) groups is 2. The molecule has 2 aromatic carbocycles. The van der Waals surface area contributed by atoms with Crippen molar-refractivity contribution in [2.45, 2.75) is 34.1 Å². The Hall–Kier alpha value is -3.41. The molecule has 0 atom stereocenters. The third kappa shape index (κ3) is 4.95. The quantitative estimate of drug-likeness (QED) is 0.477. The number of carbonyl (C=O) groups excluding carboxylic acids is 2. The average molecular weight is 407 g/mol. The smallest absolute Gasteiger partial charge is 0.336 e. The Morgan fingerprint density at radius 2 is 1.73 bits per heavy atom. The summed E-state index contributed by atoms with van der Waals surface area (Å²) in [5.74, 6) is 0.146. The van der Waals surface area contributed by atoms with Gasteiger partial charge in [-0.1, -0.05) is 27.7 Å². The molecule has 0 spiro atoms. The molecule has 1 N–H and O–H groups in total. The van der Waals surface area contributed by atoms with Crippen LogP contribution in [-0.2, 0) is 11.2 Å². The number of amides is 1. The Bertz CT molecular complexity index is 1140. The van der Waals surface area contributed by atoms with Crippen molar-refractivity contribution in [3.8, 4) is 5.75 Å². The second-order valence-corrected chi connectivity index (χ2v) is 8.10. The minimum Gasteiger partial charge on any atom is -0.485 e. The van der Waals surface area contributed by atoms with Gasteiger partial charge in [-0.3, -0.25) is 9.59 Å². The summed E-state index contributed by atoms with van der Waals surface area (Å²) in [7, 11) is 0. The largest absolute Gasteiger partial charge is 0.485 e. The van der Waals surface area contributed by atoms with Crippen molar-refractivity contribution in [3.05, 3.63) is 70.1 Å². The predicted molar refractivity (Wildman–Crippen MR) is 116 cm³/mol. The zero-order valence-electron chi connectivity index (χ0n) is 17.6. The number of ether oxygens (including phenoxy) is 1. The van der Waals surface area contributed by atoms with E-state index in [-0.39, 0.29) is 18.3 Å². The van der Waals surface area contributed by atoms with Gasteiger partial charge >= 0.3 is 5.63 Å². The lowest BCUT2D eigenvalue weighted by Crippen LogP contribution is -2.27. The van der Waals surface area contributed by atoms with E-state index in [1.165, 1.54) is 6.07 Å². The van der Waals surface area contributed by atoms with Crippen molar-refractivity contribution < 1.29 is 18.7 Å². The van der Waals surface area contributed by atoms with E-state index >= 15 is 0 Å². The molecular weight excluding hydrogens is 382 g/mol. The summed E-state index contributed by atoms with van der Waals surface area (Å²) in [6, 6.07) is 13.4. The van der Waals surface area contributed by atoms with E-state index in [1.807, 2.05) is 33.8 Å². The molecule has 0 aliphatic rings. The number of nitrogens with one attached hydrogen (secondary N) is 1. The molecule has 6 heteroatoms. The zero-order valence-corrected chi connectivity index (χ0v) is 17.6. The Labute approximate surface area is 174 Å². The van der Waals surface area contributed by atoms with Crippen molar-refractivity contribution in [1.29, 1.82) is 0 Å². The van der Waals surface area contributed by atoms with Crippen molar-refractivity contribution in [2.24, 2.45) is 5.41 Å². The van der Waals surface area contributed by atoms with Crippen LogP contribution in [0.25, 0.3) is 11.0 Å². The lowest BCUT2D eigenvalue weighted by Gasteiger charge is -2.17. The SMILES string of the molecule is CCc1cc(=O)oc2cc(OCC(=O)c3ccc(NC(=O)C(C)(C)C)cc3)ccc12. The van der Waals surface area contributed by atoms with Crippen LogP contribution in [0.5, 0.6) is 5.75 Å². The number of hydrogen-bond acceptors (Lipinski definition) is 5. The monoisotopic (exact) mass is 407 g/mol. The van der Waals surface area contributed by atoms with Crippen LogP contribution in [0, 0.1) is 5.41 Å². The molecule has 0 saturated heterocycles. The summed E-state index contributed by atoms with van der Waals surface area (Å²) < 4.78 is 10.9. The molecule has 1 aromatic heterocycles. The molecule has 0 aliphatic heterocycles. The molecule has 0 unspecified atom stereocenters. The van der Waals surface area contributed by atoms with Gasteiger partial charge in [0.15, 0.2) is 12.4 Å². The topological polar surface area (TPSA) is 85.6 Å². The number of benzene rings is 2. The number of rotatable bonds is 6. The second-order valence-electron chi connectivity index (χ2n) is 8.10.